The van der Waals surface area contributed by atoms with Crippen LogP contribution in [0.15, 0.2) is 59.4 Å². The number of fused-ring (bicyclic) bond motifs is 1. The van der Waals surface area contributed by atoms with E-state index in [0.717, 1.165) is 35.1 Å². The summed E-state index contributed by atoms with van der Waals surface area (Å²) in [7, 11) is 0. The van der Waals surface area contributed by atoms with E-state index in [1.807, 2.05) is 29.0 Å². The van der Waals surface area contributed by atoms with Gasteiger partial charge in [-0.2, -0.15) is 5.10 Å². The van der Waals surface area contributed by atoms with Gasteiger partial charge < -0.3 is 11.5 Å². The van der Waals surface area contributed by atoms with Crippen LogP contribution in [-0.2, 0) is 5.54 Å². The van der Waals surface area contributed by atoms with Crippen molar-refractivity contribution in [2.45, 2.75) is 39.2 Å². The smallest absolute Gasteiger partial charge is 0.164 e. The van der Waals surface area contributed by atoms with E-state index in [2.05, 4.69) is 53.9 Å². The third-order valence-corrected chi connectivity index (χ3v) is 5.37. The minimum absolute atomic E-state index is 0.416. The van der Waals surface area contributed by atoms with Gasteiger partial charge in [-0.25, -0.2) is 14.6 Å². The van der Waals surface area contributed by atoms with Crippen LogP contribution in [0, 0.1) is 6.92 Å². The number of allylic oxidation sites excluding steroid dienone is 3. The van der Waals surface area contributed by atoms with E-state index in [0.29, 0.717) is 23.8 Å². The Morgan fingerprint density at radius 1 is 1.20 bits per heavy atom. The summed E-state index contributed by atoms with van der Waals surface area (Å²) < 4.78 is 1.89. The molecular formula is C23H27N7. The van der Waals surface area contributed by atoms with Crippen molar-refractivity contribution in [3.63, 3.8) is 0 Å². The zero-order valence-electron chi connectivity index (χ0n) is 17.6. The van der Waals surface area contributed by atoms with Gasteiger partial charge in [0.1, 0.15) is 23.7 Å². The van der Waals surface area contributed by atoms with Crippen molar-refractivity contribution in [2.24, 2.45) is 10.7 Å². The molecule has 7 heteroatoms. The maximum absolute atomic E-state index is 6.25. The number of rotatable bonds is 5. The van der Waals surface area contributed by atoms with Crippen molar-refractivity contribution in [3.05, 3.63) is 60.0 Å². The molecule has 4 rings (SSSR count). The molecular weight excluding hydrogens is 374 g/mol. The number of hydrogen-bond donors (Lipinski definition) is 2. The normalized spacial score (nSPS) is 14.9. The molecule has 30 heavy (non-hydrogen) atoms. The van der Waals surface area contributed by atoms with E-state index in [1.165, 1.54) is 11.9 Å². The predicted molar refractivity (Wildman–Crippen MR) is 122 cm³/mol. The topological polar surface area (TPSA) is 108 Å². The maximum Gasteiger partial charge on any atom is 0.164 e. The van der Waals surface area contributed by atoms with Crippen molar-refractivity contribution in [1.82, 2.24) is 19.7 Å². The number of hydrogen-bond acceptors (Lipinski definition) is 5. The molecule has 0 radical (unpaired) electrons. The second-order valence-corrected chi connectivity index (χ2v) is 8.26. The summed E-state index contributed by atoms with van der Waals surface area (Å²) in [6, 6.07) is 8.20. The monoisotopic (exact) mass is 401 g/mol. The highest BCUT2D eigenvalue weighted by atomic mass is 15.4. The maximum atomic E-state index is 6.25. The Labute approximate surface area is 176 Å². The molecule has 0 saturated heterocycles. The van der Waals surface area contributed by atoms with Crippen LogP contribution in [-0.4, -0.2) is 32.1 Å². The minimum Gasteiger partial charge on any atom is -0.384 e. The fourth-order valence-electron chi connectivity index (χ4n) is 3.57. The highest BCUT2D eigenvalue weighted by molar-refractivity contribution is 5.98. The van der Waals surface area contributed by atoms with Crippen LogP contribution in [0.25, 0.3) is 22.3 Å². The van der Waals surface area contributed by atoms with E-state index in [1.54, 1.807) is 0 Å². The average molecular weight is 402 g/mol. The number of nitrogens with two attached hydrogens (primary N) is 2. The summed E-state index contributed by atoms with van der Waals surface area (Å²) >= 11 is 0. The Hall–Kier alpha value is -3.48. The van der Waals surface area contributed by atoms with Crippen LogP contribution < -0.4 is 11.5 Å². The van der Waals surface area contributed by atoms with Gasteiger partial charge in [0, 0.05) is 5.56 Å². The van der Waals surface area contributed by atoms with E-state index in [4.69, 9.17) is 16.6 Å². The van der Waals surface area contributed by atoms with Gasteiger partial charge in [0.25, 0.3) is 0 Å². The number of aliphatic imine (C=N–C) groups is 1. The first-order chi connectivity index (χ1) is 14.4. The summed E-state index contributed by atoms with van der Waals surface area (Å²) in [4.78, 5) is 13.4. The zero-order chi connectivity index (χ0) is 21.3. The largest absolute Gasteiger partial charge is 0.384 e. The van der Waals surface area contributed by atoms with Gasteiger partial charge >= 0.3 is 0 Å². The standard InChI is InChI=1S/C23H27N7/c1-15-9-11-16(12-10-15)19-18-21(25)27-14-28-22(18)30(29-19)23(2,3)13-26-20(24)17-7-5-4-6-8-17/h4-5,7,9-12,14H,6,8,13H2,1-3H3,(H2,24,26)(H2,25,27,28). The van der Waals surface area contributed by atoms with Crippen LogP contribution >= 0.6 is 0 Å². The van der Waals surface area contributed by atoms with Gasteiger partial charge in [0.15, 0.2) is 5.65 Å². The van der Waals surface area contributed by atoms with Gasteiger partial charge in [-0.3, -0.25) is 4.99 Å². The lowest BCUT2D eigenvalue weighted by Gasteiger charge is -2.24. The molecule has 0 atom stereocenters. The first kappa shape index (κ1) is 19.8. The molecule has 0 fully saturated rings. The molecule has 1 aliphatic rings. The second-order valence-electron chi connectivity index (χ2n) is 8.26. The zero-order valence-corrected chi connectivity index (χ0v) is 17.6. The Balaban J connectivity index is 1.76. The lowest BCUT2D eigenvalue weighted by atomic mass is 10.0. The molecule has 7 nitrogen and oxygen atoms in total. The van der Waals surface area contributed by atoms with Crippen molar-refractivity contribution in [2.75, 3.05) is 12.3 Å². The summed E-state index contributed by atoms with van der Waals surface area (Å²) in [6.45, 7) is 6.67. The molecule has 3 aromatic rings. The van der Waals surface area contributed by atoms with Crippen LogP contribution in [0.3, 0.4) is 0 Å². The average Bonchev–Trinajstić information content (AvgIpc) is 3.15. The summed E-state index contributed by atoms with van der Waals surface area (Å²) in [5.74, 6) is 0.997. The molecule has 0 spiro atoms. The van der Waals surface area contributed by atoms with Crippen LogP contribution in [0.4, 0.5) is 5.82 Å². The number of aryl methyl sites for hydroxylation is 1. The number of aromatic nitrogens is 4. The van der Waals surface area contributed by atoms with Crippen molar-refractivity contribution in [1.29, 1.82) is 0 Å². The van der Waals surface area contributed by atoms with E-state index >= 15 is 0 Å². The van der Waals surface area contributed by atoms with Crippen LogP contribution in [0.5, 0.6) is 0 Å². The summed E-state index contributed by atoms with van der Waals surface area (Å²) in [5.41, 5.74) is 16.7. The Bertz CT molecular complexity index is 1160. The van der Waals surface area contributed by atoms with Crippen molar-refractivity contribution < 1.29 is 0 Å². The van der Waals surface area contributed by atoms with E-state index in [9.17, 15) is 0 Å². The molecule has 0 amide bonds. The van der Waals surface area contributed by atoms with E-state index < -0.39 is 5.54 Å². The Morgan fingerprint density at radius 2 is 1.97 bits per heavy atom. The highest BCUT2D eigenvalue weighted by Gasteiger charge is 2.28. The molecule has 4 N–H and O–H groups in total. The SMILES string of the molecule is Cc1ccc(-c2nn(C(C)(C)CN=C(N)C3=CC=CCC3)c3ncnc(N)c23)cc1. The highest BCUT2D eigenvalue weighted by Crippen LogP contribution is 2.33. The first-order valence-electron chi connectivity index (χ1n) is 10.1. The second kappa shape index (κ2) is 7.74. The number of anilines is 1. The third-order valence-electron chi connectivity index (χ3n) is 5.37. The quantitative estimate of drug-likeness (QED) is 0.500. The molecule has 0 saturated carbocycles. The molecule has 2 heterocycles. The van der Waals surface area contributed by atoms with Gasteiger partial charge in [0.2, 0.25) is 0 Å². The molecule has 154 valence electrons. The van der Waals surface area contributed by atoms with Gasteiger partial charge in [0.05, 0.1) is 17.5 Å². The first-order valence-corrected chi connectivity index (χ1v) is 10.1. The fraction of sp³-hybridized carbons (Fsp3) is 0.304. The molecule has 2 aromatic heterocycles. The van der Waals surface area contributed by atoms with Gasteiger partial charge in [-0.15, -0.1) is 0 Å². The van der Waals surface area contributed by atoms with Crippen LogP contribution in [0.1, 0.15) is 32.3 Å². The number of benzene rings is 1. The lowest BCUT2D eigenvalue weighted by Crippen LogP contribution is -2.32. The Kier molecular flexibility index (Phi) is 5.11. The lowest BCUT2D eigenvalue weighted by molar-refractivity contribution is 0.341. The molecule has 0 unspecified atom stereocenters. The summed E-state index contributed by atoms with van der Waals surface area (Å²) in [5, 5.41) is 5.67. The number of amidine groups is 1. The Morgan fingerprint density at radius 3 is 2.67 bits per heavy atom. The summed E-state index contributed by atoms with van der Waals surface area (Å²) in [6.07, 6.45) is 9.57. The fourth-order valence-corrected chi connectivity index (χ4v) is 3.57. The van der Waals surface area contributed by atoms with Crippen LogP contribution in [0.2, 0.25) is 0 Å². The third kappa shape index (κ3) is 3.70. The predicted octanol–water partition coefficient (Wildman–Crippen LogP) is 3.75. The molecule has 1 aliphatic carbocycles. The molecule has 1 aromatic carbocycles. The van der Waals surface area contributed by atoms with Gasteiger partial charge in [-0.1, -0.05) is 48.1 Å². The number of nitrogen functional groups attached to an aromatic ring is 1. The number of nitrogens with zero attached hydrogens (tertiary/aromatic N) is 5. The van der Waals surface area contributed by atoms with Gasteiger partial charge in [-0.05, 0) is 39.2 Å². The minimum atomic E-state index is -0.461. The van der Waals surface area contributed by atoms with Crippen molar-refractivity contribution >= 4 is 22.7 Å². The van der Waals surface area contributed by atoms with Crippen molar-refractivity contribution in [3.8, 4) is 11.3 Å². The van der Waals surface area contributed by atoms with E-state index in [-0.39, 0.29) is 0 Å². The molecule has 0 bridgehead atoms. The molecule has 0 aliphatic heterocycles.